The first-order valence-corrected chi connectivity index (χ1v) is 8.50. The average Bonchev–Trinajstić information content (AvgIpc) is 3.03. The Bertz CT molecular complexity index is 529. The van der Waals surface area contributed by atoms with Gasteiger partial charge in [0, 0.05) is 0 Å². The highest BCUT2D eigenvalue weighted by Crippen LogP contribution is 2.19. The van der Waals surface area contributed by atoms with E-state index in [2.05, 4.69) is 10.2 Å². The van der Waals surface area contributed by atoms with Gasteiger partial charge in [0.1, 0.15) is 5.75 Å². The Morgan fingerprint density at radius 3 is 2.91 bits per heavy atom. The van der Waals surface area contributed by atoms with Crippen molar-refractivity contribution in [3.8, 4) is 5.75 Å². The number of methoxy groups -OCH3 is 1. The van der Waals surface area contributed by atoms with Crippen LogP contribution in [0, 0.1) is 0 Å². The second-order valence-corrected chi connectivity index (χ2v) is 6.40. The van der Waals surface area contributed by atoms with Crippen molar-refractivity contribution in [3.63, 3.8) is 0 Å². The van der Waals surface area contributed by atoms with Gasteiger partial charge in [0.05, 0.1) is 38.8 Å². The summed E-state index contributed by atoms with van der Waals surface area (Å²) in [4.78, 5) is 14.8. The van der Waals surface area contributed by atoms with Crippen molar-refractivity contribution in [2.45, 2.75) is 37.8 Å². The van der Waals surface area contributed by atoms with Crippen LogP contribution in [0.3, 0.4) is 0 Å². The van der Waals surface area contributed by atoms with Crippen molar-refractivity contribution in [2.75, 3.05) is 33.4 Å². The monoisotopic (exact) mass is 318 g/mol. The van der Waals surface area contributed by atoms with Crippen LogP contribution in [-0.2, 0) is 16.0 Å². The van der Waals surface area contributed by atoms with E-state index in [-0.39, 0.29) is 11.9 Å². The molecule has 2 unspecified atom stereocenters. The molecule has 126 valence electrons. The van der Waals surface area contributed by atoms with Crippen LogP contribution in [0.4, 0.5) is 0 Å². The fraction of sp³-hybridized carbons (Fsp3) is 0.611. The molecule has 2 heterocycles. The highest BCUT2D eigenvalue weighted by Gasteiger charge is 2.34. The minimum absolute atomic E-state index is 0.0516. The zero-order valence-corrected chi connectivity index (χ0v) is 13.8. The van der Waals surface area contributed by atoms with Crippen molar-refractivity contribution >= 4 is 5.91 Å². The number of nitrogens with zero attached hydrogens (tertiary/aromatic N) is 1. The second-order valence-electron chi connectivity index (χ2n) is 6.40. The number of carbonyl (C=O) groups excluding carboxylic acids is 1. The van der Waals surface area contributed by atoms with Gasteiger partial charge in [-0.2, -0.15) is 0 Å². The number of hydrogen-bond acceptors (Lipinski definition) is 4. The first kappa shape index (κ1) is 16.3. The normalized spacial score (nSPS) is 25.3. The van der Waals surface area contributed by atoms with E-state index in [1.54, 1.807) is 7.11 Å². The number of piperidine rings is 1. The first-order valence-electron chi connectivity index (χ1n) is 8.50. The molecule has 2 aliphatic rings. The summed E-state index contributed by atoms with van der Waals surface area (Å²) in [7, 11) is 1.64. The van der Waals surface area contributed by atoms with Crippen LogP contribution >= 0.6 is 0 Å². The molecule has 3 rings (SSSR count). The van der Waals surface area contributed by atoms with Crippen LogP contribution < -0.4 is 10.1 Å². The Labute approximate surface area is 137 Å². The van der Waals surface area contributed by atoms with Gasteiger partial charge in [-0.05, 0) is 43.6 Å². The summed E-state index contributed by atoms with van der Waals surface area (Å²) in [6.45, 7) is 3.59. The smallest absolute Gasteiger partial charge is 0.224 e. The van der Waals surface area contributed by atoms with E-state index in [1.165, 1.54) is 19.3 Å². The van der Waals surface area contributed by atoms with Gasteiger partial charge in [-0.3, -0.25) is 9.69 Å². The van der Waals surface area contributed by atoms with E-state index in [1.807, 2.05) is 24.3 Å². The molecule has 2 atom stereocenters. The summed E-state index contributed by atoms with van der Waals surface area (Å²) >= 11 is 0. The van der Waals surface area contributed by atoms with Gasteiger partial charge in [-0.25, -0.2) is 0 Å². The number of amides is 1. The molecule has 1 amide bonds. The Hall–Kier alpha value is -1.59. The van der Waals surface area contributed by atoms with Crippen LogP contribution in [-0.4, -0.2) is 56.3 Å². The summed E-state index contributed by atoms with van der Waals surface area (Å²) in [6.07, 6.45) is 4.19. The third-order valence-corrected chi connectivity index (χ3v) is 4.76. The SMILES string of the molecule is COc1cccc(CC(=O)NC2COCC2N2CCCCC2)c1. The zero-order chi connectivity index (χ0) is 16.1. The quantitative estimate of drug-likeness (QED) is 0.896. The molecule has 2 fully saturated rings. The molecule has 0 radical (unpaired) electrons. The number of ether oxygens (including phenoxy) is 2. The van der Waals surface area contributed by atoms with E-state index in [9.17, 15) is 4.79 Å². The summed E-state index contributed by atoms with van der Waals surface area (Å²) < 4.78 is 10.8. The van der Waals surface area contributed by atoms with Gasteiger partial charge in [0.2, 0.25) is 5.91 Å². The maximum atomic E-state index is 12.4. The average molecular weight is 318 g/mol. The third-order valence-electron chi connectivity index (χ3n) is 4.76. The standard InChI is InChI=1S/C18H26N2O3/c1-22-15-7-5-6-14(10-15)11-18(21)19-16-12-23-13-17(16)20-8-3-2-4-9-20/h5-7,10,16-17H,2-4,8-9,11-13H2,1H3,(H,19,21). The molecule has 0 saturated carbocycles. The first-order chi connectivity index (χ1) is 11.3. The van der Waals surface area contributed by atoms with Gasteiger partial charge in [0.25, 0.3) is 0 Å². The lowest BCUT2D eigenvalue weighted by atomic mass is 10.0. The molecular formula is C18H26N2O3. The minimum atomic E-state index is 0.0516. The van der Waals surface area contributed by atoms with Gasteiger partial charge in [-0.1, -0.05) is 18.6 Å². The van der Waals surface area contributed by atoms with E-state index in [4.69, 9.17) is 9.47 Å². The van der Waals surface area contributed by atoms with Gasteiger partial charge < -0.3 is 14.8 Å². The highest BCUT2D eigenvalue weighted by atomic mass is 16.5. The van der Waals surface area contributed by atoms with Crippen LogP contribution in [0.25, 0.3) is 0 Å². The van der Waals surface area contributed by atoms with E-state index < -0.39 is 0 Å². The number of nitrogens with one attached hydrogen (secondary N) is 1. The fourth-order valence-electron chi connectivity index (χ4n) is 3.52. The predicted molar refractivity (Wildman–Crippen MR) is 88.7 cm³/mol. The van der Waals surface area contributed by atoms with Crippen molar-refractivity contribution < 1.29 is 14.3 Å². The Kier molecular flexibility index (Phi) is 5.51. The lowest BCUT2D eigenvalue weighted by Gasteiger charge is -2.34. The Morgan fingerprint density at radius 1 is 1.30 bits per heavy atom. The fourth-order valence-corrected chi connectivity index (χ4v) is 3.52. The van der Waals surface area contributed by atoms with Crippen molar-refractivity contribution in [2.24, 2.45) is 0 Å². The highest BCUT2D eigenvalue weighted by molar-refractivity contribution is 5.79. The molecule has 2 aliphatic heterocycles. The zero-order valence-electron chi connectivity index (χ0n) is 13.8. The molecule has 23 heavy (non-hydrogen) atoms. The minimum Gasteiger partial charge on any atom is -0.497 e. The van der Waals surface area contributed by atoms with Crippen LogP contribution in [0.2, 0.25) is 0 Å². The summed E-state index contributed by atoms with van der Waals surface area (Å²) in [6, 6.07) is 8.09. The largest absolute Gasteiger partial charge is 0.497 e. The van der Waals surface area contributed by atoms with Crippen molar-refractivity contribution in [1.82, 2.24) is 10.2 Å². The lowest BCUT2D eigenvalue weighted by Crippen LogP contribution is -2.52. The third kappa shape index (κ3) is 4.24. The van der Waals surface area contributed by atoms with Gasteiger partial charge in [0.15, 0.2) is 0 Å². The molecule has 0 aliphatic carbocycles. The molecule has 1 aromatic rings. The summed E-state index contributed by atoms with van der Waals surface area (Å²) in [5.41, 5.74) is 0.968. The molecule has 0 aromatic heterocycles. The number of carbonyl (C=O) groups is 1. The number of benzene rings is 1. The molecule has 5 nitrogen and oxygen atoms in total. The van der Waals surface area contributed by atoms with E-state index in [0.29, 0.717) is 19.1 Å². The number of rotatable bonds is 5. The number of hydrogen-bond donors (Lipinski definition) is 1. The maximum absolute atomic E-state index is 12.4. The van der Waals surface area contributed by atoms with Crippen molar-refractivity contribution in [3.05, 3.63) is 29.8 Å². The molecule has 5 heteroatoms. The molecule has 1 N–H and O–H groups in total. The molecule has 0 bridgehead atoms. The Morgan fingerprint density at radius 2 is 2.13 bits per heavy atom. The summed E-state index contributed by atoms with van der Waals surface area (Å²) in [5, 5.41) is 3.17. The molecule has 1 aromatic carbocycles. The Balaban J connectivity index is 1.55. The van der Waals surface area contributed by atoms with Crippen LogP contribution in [0.15, 0.2) is 24.3 Å². The summed E-state index contributed by atoms with van der Waals surface area (Å²) in [5.74, 6) is 0.835. The predicted octanol–water partition coefficient (Wildman–Crippen LogP) is 1.61. The van der Waals surface area contributed by atoms with Crippen LogP contribution in [0.5, 0.6) is 5.75 Å². The topological polar surface area (TPSA) is 50.8 Å². The van der Waals surface area contributed by atoms with Gasteiger partial charge >= 0.3 is 0 Å². The van der Waals surface area contributed by atoms with E-state index >= 15 is 0 Å². The number of likely N-dealkylation sites (tertiary alicyclic amines) is 1. The molecule has 0 spiro atoms. The van der Waals surface area contributed by atoms with Crippen molar-refractivity contribution in [1.29, 1.82) is 0 Å². The molecule has 2 saturated heterocycles. The molecular weight excluding hydrogens is 292 g/mol. The maximum Gasteiger partial charge on any atom is 0.224 e. The van der Waals surface area contributed by atoms with Gasteiger partial charge in [-0.15, -0.1) is 0 Å². The lowest BCUT2D eigenvalue weighted by molar-refractivity contribution is -0.121. The van der Waals surface area contributed by atoms with E-state index in [0.717, 1.165) is 31.0 Å². The van der Waals surface area contributed by atoms with Crippen LogP contribution in [0.1, 0.15) is 24.8 Å². The second kappa shape index (κ2) is 7.79.